The Morgan fingerprint density at radius 2 is 2.15 bits per heavy atom. The first kappa shape index (κ1) is 8.08. The zero-order chi connectivity index (χ0) is 9.26. The van der Waals surface area contributed by atoms with Gasteiger partial charge in [-0.3, -0.25) is 0 Å². The Morgan fingerprint density at radius 1 is 1.38 bits per heavy atom. The van der Waals surface area contributed by atoms with E-state index in [4.69, 9.17) is 5.73 Å². The van der Waals surface area contributed by atoms with Crippen LogP contribution < -0.4 is 5.73 Å². The normalized spacial score (nSPS) is 13.0. The van der Waals surface area contributed by atoms with E-state index in [0.717, 1.165) is 11.1 Å². The number of benzene rings is 1. The number of hydrogen-bond acceptors (Lipinski definition) is 1. The summed E-state index contributed by atoms with van der Waals surface area (Å²) in [7, 11) is 0. The highest BCUT2D eigenvalue weighted by molar-refractivity contribution is 5.83. The average molecular weight is 172 g/mol. The monoisotopic (exact) mass is 172 g/mol. The van der Waals surface area contributed by atoms with Crippen LogP contribution in [-0.4, -0.2) is 4.98 Å². The van der Waals surface area contributed by atoms with Crippen molar-refractivity contribution >= 4 is 10.9 Å². The van der Waals surface area contributed by atoms with Crippen molar-refractivity contribution in [2.75, 3.05) is 0 Å². The number of nitrogens with two attached hydrogens (primary N) is 1. The van der Waals surface area contributed by atoms with Gasteiger partial charge in [-0.05, 0) is 11.6 Å². The van der Waals surface area contributed by atoms with E-state index in [2.05, 4.69) is 17.6 Å². The largest absolute Gasteiger partial charge is 0.361 e. The van der Waals surface area contributed by atoms with Crippen LogP contribution in [0.25, 0.3) is 10.9 Å². The minimum Gasteiger partial charge on any atom is -0.361 e. The average Bonchev–Trinajstić information content (AvgIpc) is 2.60. The van der Waals surface area contributed by atoms with Gasteiger partial charge in [0.05, 0.1) is 0 Å². The van der Waals surface area contributed by atoms with Gasteiger partial charge < -0.3 is 10.7 Å². The Hall–Kier alpha value is -1.54. The maximum absolute atomic E-state index is 5.87. The molecule has 2 heteroatoms. The molecule has 0 fully saturated rings. The molecule has 3 N–H and O–H groups in total. The molecule has 13 heavy (non-hydrogen) atoms. The first-order valence-electron chi connectivity index (χ1n) is 4.27. The summed E-state index contributed by atoms with van der Waals surface area (Å²) in [5.41, 5.74) is 8.09. The first-order chi connectivity index (χ1) is 6.33. The van der Waals surface area contributed by atoms with Gasteiger partial charge in [0.15, 0.2) is 0 Å². The smallest absolute Gasteiger partial charge is 0.0499 e. The van der Waals surface area contributed by atoms with Gasteiger partial charge in [-0.15, -0.1) is 6.58 Å². The van der Waals surface area contributed by atoms with Gasteiger partial charge in [-0.1, -0.05) is 24.3 Å². The molecule has 0 aliphatic rings. The summed E-state index contributed by atoms with van der Waals surface area (Å²) in [6.45, 7) is 3.68. The zero-order valence-electron chi connectivity index (χ0n) is 7.33. The van der Waals surface area contributed by atoms with Gasteiger partial charge in [0.1, 0.15) is 0 Å². The fraction of sp³-hybridized carbons (Fsp3) is 0.0909. The van der Waals surface area contributed by atoms with Crippen LogP contribution in [0.15, 0.2) is 43.1 Å². The van der Waals surface area contributed by atoms with Crippen LogP contribution in [0.4, 0.5) is 0 Å². The number of aromatic nitrogens is 1. The number of rotatable bonds is 2. The molecule has 2 rings (SSSR count). The van der Waals surface area contributed by atoms with E-state index in [1.807, 2.05) is 24.4 Å². The molecule has 0 bridgehead atoms. The van der Waals surface area contributed by atoms with Gasteiger partial charge in [-0.25, -0.2) is 0 Å². The van der Waals surface area contributed by atoms with E-state index in [1.54, 1.807) is 6.08 Å². The lowest BCUT2D eigenvalue weighted by Gasteiger charge is -2.02. The highest BCUT2D eigenvalue weighted by Gasteiger charge is 2.06. The topological polar surface area (TPSA) is 41.8 Å². The van der Waals surface area contributed by atoms with Crippen LogP contribution in [0.5, 0.6) is 0 Å². The standard InChI is InChI=1S/C11H12N2/c1-2-10(12)9-7-13-11-6-4-3-5-8(9)11/h2-7,10,13H,1,12H2. The number of aromatic amines is 1. The van der Waals surface area contributed by atoms with E-state index in [9.17, 15) is 0 Å². The summed E-state index contributed by atoms with van der Waals surface area (Å²) >= 11 is 0. The lowest BCUT2D eigenvalue weighted by Crippen LogP contribution is -2.05. The molecule has 0 amide bonds. The van der Waals surface area contributed by atoms with Crippen LogP contribution in [0.2, 0.25) is 0 Å². The van der Waals surface area contributed by atoms with Gasteiger partial charge in [0, 0.05) is 23.1 Å². The quantitative estimate of drug-likeness (QED) is 0.671. The number of para-hydroxylation sites is 1. The molecule has 2 aromatic rings. The molecule has 0 saturated carbocycles. The van der Waals surface area contributed by atoms with Crippen molar-refractivity contribution in [2.45, 2.75) is 6.04 Å². The molecular weight excluding hydrogens is 160 g/mol. The van der Waals surface area contributed by atoms with Crippen molar-refractivity contribution in [2.24, 2.45) is 5.73 Å². The second-order valence-corrected chi connectivity index (χ2v) is 3.05. The summed E-state index contributed by atoms with van der Waals surface area (Å²) in [6, 6.07) is 8.02. The molecule has 1 aromatic carbocycles. The Bertz CT molecular complexity index is 428. The number of hydrogen-bond donors (Lipinski definition) is 2. The van der Waals surface area contributed by atoms with E-state index < -0.39 is 0 Å². The Morgan fingerprint density at radius 3 is 2.92 bits per heavy atom. The summed E-state index contributed by atoms with van der Waals surface area (Å²) in [5.74, 6) is 0. The van der Waals surface area contributed by atoms with Crippen molar-refractivity contribution in [3.63, 3.8) is 0 Å². The van der Waals surface area contributed by atoms with Crippen LogP contribution >= 0.6 is 0 Å². The minimum absolute atomic E-state index is 0.0869. The second-order valence-electron chi connectivity index (χ2n) is 3.05. The maximum Gasteiger partial charge on any atom is 0.0499 e. The molecule has 66 valence electrons. The number of H-pyrrole nitrogens is 1. The predicted molar refractivity (Wildman–Crippen MR) is 55.4 cm³/mol. The fourth-order valence-electron chi connectivity index (χ4n) is 1.50. The molecule has 1 aromatic heterocycles. The van der Waals surface area contributed by atoms with E-state index >= 15 is 0 Å². The summed E-state index contributed by atoms with van der Waals surface area (Å²) in [4.78, 5) is 3.18. The Balaban J connectivity index is 2.64. The first-order valence-corrected chi connectivity index (χ1v) is 4.27. The third-order valence-corrected chi connectivity index (χ3v) is 2.23. The van der Waals surface area contributed by atoms with Crippen molar-refractivity contribution in [3.8, 4) is 0 Å². The van der Waals surface area contributed by atoms with E-state index in [1.165, 1.54) is 5.39 Å². The molecule has 2 nitrogen and oxygen atoms in total. The third kappa shape index (κ3) is 1.25. The SMILES string of the molecule is C=CC(N)c1c[nH]c2ccccc12. The van der Waals surface area contributed by atoms with E-state index in [-0.39, 0.29) is 6.04 Å². The number of nitrogens with one attached hydrogen (secondary N) is 1. The lowest BCUT2D eigenvalue weighted by atomic mass is 10.1. The van der Waals surface area contributed by atoms with Crippen molar-refractivity contribution in [3.05, 3.63) is 48.7 Å². The van der Waals surface area contributed by atoms with Crippen LogP contribution in [-0.2, 0) is 0 Å². The number of fused-ring (bicyclic) bond motifs is 1. The summed E-state index contributed by atoms with van der Waals surface area (Å²) in [6.07, 6.45) is 3.69. The van der Waals surface area contributed by atoms with Crippen molar-refractivity contribution < 1.29 is 0 Å². The highest BCUT2D eigenvalue weighted by Crippen LogP contribution is 2.22. The third-order valence-electron chi connectivity index (χ3n) is 2.23. The Labute approximate surface area is 77.1 Å². The Kier molecular flexibility index (Phi) is 1.91. The molecule has 0 aliphatic heterocycles. The lowest BCUT2D eigenvalue weighted by molar-refractivity contribution is 0.924. The van der Waals surface area contributed by atoms with Gasteiger partial charge >= 0.3 is 0 Å². The van der Waals surface area contributed by atoms with Gasteiger partial charge in [-0.2, -0.15) is 0 Å². The predicted octanol–water partition coefficient (Wildman–Crippen LogP) is 2.35. The molecule has 0 spiro atoms. The molecule has 0 aliphatic carbocycles. The fourth-order valence-corrected chi connectivity index (χ4v) is 1.50. The summed E-state index contributed by atoms with van der Waals surface area (Å²) in [5, 5.41) is 1.18. The van der Waals surface area contributed by atoms with Crippen LogP contribution in [0.3, 0.4) is 0 Å². The van der Waals surface area contributed by atoms with Crippen molar-refractivity contribution in [1.82, 2.24) is 4.98 Å². The molecule has 1 heterocycles. The van der Waals surface area contributed by atoms with E-state index in [0.29, 0.717) is 0 Å². The maximum atomic E-state index is 5.87. The molecule has 0 radical (unpaired) electrons. The highest BCUT2D eigenvalue weighted by atomic mass is 14.7. The minimum atomic E-state index is -0.0869. The molecule has 1 atom stereocenters. The molecule has 1 unspecified atom stereocenters. The van der Waals surface area contributed by atoms with Crippen molar-refractivity contribution in [1.29, 1.82) is 0 Å². The van der Waals surface area contributed by atoms with Crippen LogP contribution in [0.1, 0.15) is 11.6 Å². The van der Waals surface area contributed by atoms with Crippen LogP contribution in [0, 0.1) is 0 Å². The molecular formula is C11H12N2. The van der Waals surface area contributed by atoms with Gasteiger partial charge in [0.2, 0.25) is 0 Å². The second kappa shape index (κ2) is 3.07. The van der Waals surface area contributed by atoms with Gasteiger partial charge in [0.25, 0.3) is 0 Å². The zero-order valence-corrected chi connectivity index (χ0v) is 7.33. The molecule has 0 saturated heterocycles. The summed E-state index contributed by atoms with van der Waals surface area (Å²) < 4.78 is 0.